The zero-order valence-electron chi connectivity index (χ0n) is 8.80. The first-order chi connectivity index (χ1) is 7.63. The van der Waals surface area contributed by atoms with E-state index in [1.54, 1.807) is 13.0 Å². The molecule has 1 heterocycles. The van der Waals surface area contributed by atoms with Gasteiger partial charge in [-0.2, -0.15) is 11.3 Å². The highest BCUT2D eigenvalue weighted by Gasteiger charge is 2.14. The topological polar surface area (TPSA) is 63.6 Å². The second-order valence-corrected chi connectivity index (χ2v) is 3.80. The Hall–Kier alpha value is -1.62. The number of esters is 1. The number of hydrogen-bond acceptors (Lipinski definition) is 4. The van der Waals surface area contributed by atoms with E-state index in [4.69, 9.17) is 9.84 Å². The molecular formula is C11H12O4S. The number of carboxylic acid groups (broad SMARTS) is 1. The van der Waals surface area contributed by atoms with Gasteiger partial charge in [0.1, 0.15) is 0 Å². The molecule has 0 unspecified atom stereocenters. The second-order valence-electron chi connectivity index (χ2n) is 3.02. The zero-order valence-corrected chi connectivity index (χ0v) is 9.62. The van der Waals surface area contributed by atoms with E-state index in [0.717, 1.165) is 5.56 Å². The molecule has 86 valence electrons. The first-order valence-corrected chi connectivity index (χ1v) is 5.69. The lowest BCUT2D eigenvalue weighted by Gasteiger charge is -2.03. The summed E-state index contributed by atoms with van der Waals surface area (Å²) >= 11 is 1.48. The van der Waals surface area contributed by atoms with Crippen LogP contribution in [0.15, 0.2) is 22.4 Å². The fraction of sp³-hybridized carbons (Fsp3) is 0.273. The highest BCUT2D eigenvalue weighted by molar-refractivity contribution is 7.08. The molecule has 0 aliphatic rings. The zero-order chi connectivity index (χ0) is 12.0. The average Bonchev–Trinajstić information content (AvgIpc) is 2.69. The van der Waals surface area contributed by atoms with E-state index in [2.05, 4.69) is 0 Å². The fourth-order valence-corrected chi connectivity index (χ4v) is 1.75. The summed E-state index contributed by atoms with van der Waals surface area (Å²) < 4.78 is 4.79. The fourth-order valence-electron chi connectivity index (χ4n) is 1.13. The van der Waals surface area contributed by atoms with Crippen molar-refractivity contribution in [1.29, 1.82) is 0 Å². The molecule has 0 atom stereocenters. The summed E-state index contributed by atoms with van der Waals surface area (Å²) in [5.41, 5.74) is 0.974. The summed E-state index contributed by atoms with van der Waals surface area (Å²) in [5.74, 6) is -1.62. The number of carbonyl (C=O) groups is 2. The Morgan fingerprint density at radius 2 is 2.31 bits per heavy atom. The summed E-state index contributed by atoms with van der Waals surface area (Å²) in [7, 11) is 0. The summed E-state index contributed by atoms with van der Waals surface area (Å²) in [5, 5.41) is 12.4. The van der Waals surface area contributed by atoms with Crippen molar-refractivity contribution in [3.63, 3.8) is 0 Å². The lowest BCUT2D eigenvalue weighted by atomic mass is 10.1. The molecule has 4 nitrogen and oxygen atoms in total. The van der Waals surface area contributed by atoms with E-state index in [-0.39, 0.29) is 18.6 Å². The van der Waals surface area contributed by atoms with Gasteiger partial charge in [0.05, 0.1) is 13.0 Å². The van der Waals surface area contributed by atoms with Crippen LogP contribution >= 0.6 is 11.3 Å². The number of carboxylic acids is 1. The predicted octanol–water partition coefficient (Wildman–Crippen LogP) is 2.17. The number of ether oxygens (including phenoxy) is 1. The van der Waals surface area contributed by atoms with Crippen molar-refractivity contribution in [3.05, 3.63) is 28.0 Å². The lowest BCUT2D eigenvalue weighted by Crippen LogP contribution is -2.11. The minimum atomic E-state index is -1.05. The van der Waals surface area contributed by atoms with Crippen LogP contribution in [-0.2, 0) is 14.3 Å². The number of thiophene rings is 1. The standard InChI is InChI=1S/C11H12O4S/c1-2-15-11(14)9(6-10(12)13)5-8-3-4-16-7-8/h3-5,7H,2,6H2,1H3,(H,12,13). The van der Waals surface area contributed by atoms with E-state index in [1.165, 1.54) is 11.3 Å². The maximum Gasteiger partial charge on any atom is 0.334 e. The summed E-state index contributed by atoms with van der Waals surface area (Å²) in [6, 6.07) is 1.81. The molecule has 16 heavy (non-hydrogen) atoms. The molecule has 0 spiro atoms. The van der Waals surface area contributed by atoms with Gasteiger partial charge in [0.25, 0.3) is 0 Å². The lowest BCUT2D eigenvalue weighted by molar-refractivity contribution is -0.142. The molecule has 0 amide bonds. The molecule has 0 aliphatic heterocycles. The molecular weight excluding hydrogens is 228 g/mol. The summed E-state index contributed by atoms with van der Waals surface area (Å²) in [6.07, 6.45) is 1.22. The van der Waals surface area contributed by atoms with Gasteiger partial charge in [0.2, 0.25) is 0 Å². The quantitative estimate of drug-likeness (QED) is 0.632. The van der Waals surface area contributed by atoms with E-state index in [0.29, 0.717) is 0 Å². The van der Waals surface area contributed by atoms with Gasteiger partial charge in [0, 0.05) is 5.57 Å². The molecule has 5 heteroatoms. The van der Waals surface area contributed by atoms with Crippen LogP contribution < -0.4 is 0 Å². The van der Waals surface area contributed by atoms with Crippen molar-refractivity contribution in [3.8, 4) is 0 Å². The SMILES string of the molecule is CCOC(=O)C(=Cc1ccsc1)CC(=O)O. The molecule has 0 aromatic carbocycles. The number of aliphatic carboxylic acids is 1. The van der Waals surface area contributed by atoms with Gasteiger partial charge >= 0.3 is 11.9 Å². The van der Waals surface area contributed by atoms with Gasteiger partial charge in [-0.15, -0.1) is 0 Å². The van der Waals surface area contributed by atoms with E-state index < -0.39 is 11.9 Å². The molecule has 1 aromatic heterocycles. The third-order valence-corrected chi connectivity index (χ3v) is 2.46. The molecule has 0 aliphatic carbocycles. The molecule has 0 saturated carbocycles. The number of hydrogen-bond donors (Lipinski definition) is 1. The van der Waals surface area contributed by atoms with Crippen LogP contribution in [-0.4, -0.2) is 23.7 Å². The molecule has 0 saturated heterocycles. The van der Waals surface area contributed by atoms with Crippen molar-refractivity contribution in [1.82, 2.24) is 0 Å². The normalized spacial score (nSPS) is 11.2. The van der Waals surface area contributed by atoms with Crippen LogP contribution in [0.2, 0.25) is 0 Å². The van der Waals surface area contributed by atoms with E-state index in [1.807, 2.05) is 16.8 Å². The monoisotopic (exact) mass is 240 g/mol. The average molecular weight is 240 g/mol. The number of rotatable bonds is 5. The van der Waals surface area contributed by atoms with E-state index >= 15 is 0 Å². The highest BCUT2D eigenvalue weighted by Crippen LogP contribution is 2.14. The second kappa shape index (κ2) is 6.07. The summed E-state index contributed by atoms with van der Waals surface area (Å²) in [4.78, 5) is 22.1. The Bertz CT molecular complexity index is 392. The third-order valence-electron chi connectivity index (χ3n) is 1.76. The van der Waals surface area contributed by atoms with Gasteiger partial charge in [-0.3, -0.25) is 4.79 Å². The van der Waals surface area contributed by atoms with Gasteiger partial charge in [-0.05, 0) is 35.4 Å². The van der Waals surface area contributed by atoms with Gasteiger partial charge in [0.15, 0.2) is 0 Å². The Labute approximate surface area is 97.2 Å². The largest absolute Gasteiger partial charge is 0.481 e. The minimum absolute atomic E-state index is 0.160. The van der Waals surface area contributed by atoms with Crippen molar-refractivity contribution in [2.75, 3.05) is 6.61 Å². The maximum absolute atomic E-state index is 11.5. The minimum Gasteiger partial charge on any atom is -0.481 e. The van der Waals surface area contributed by atoms with Gasteiger partial charge in [-0.25, -0.2) is 4.79 Å². The first-order valence-electron chi connectivity index (χ1n) is 4.75. The molecule has 1 aromatic rings. The summed E-state index contributed by atoms with van der Waals surface area (Å²) in [6.45, 7) is 1.92. The van der Waals surface area contributed by atoms with Crippen LogP contribution in [0.1, 0.15) is 18.9 Å². The van der Waals surface area contributed by atoms with Crippen LogP contribution in [0.4, 0.5) is 0 Å². The van der Waals surface area contributed by atoms with E-state index in [9.17, 15) is 9.59 Å². The van der Waals surface area contributed by atoms with Crippen LogP contribution in [0.5, 0.6) is 0 Å². The van der Waals surface area contributed by atoms with Gasteiger partial charge < -0.3 is 9.84 Å². The Kier molecular flexibility index (Phi) is 4.72. The maximum atomic E-state index is 11.5. The van der Waals surface area contributed by atoms with Crippen LogP contribution in [0.3, 0.4) is 0 Å². The smallest absolute Gasteiger partial charge is 0.334 e. The first kappa shape index (κ1) is 12.4. The van der Waals surface area contributed by atoms with Gasteiger partial charge in [-0.1, -0.05) is 0 Å². The van der Waals surface area contributed by atoms with Crippen LogP contribution in [0, 0.1) is 0 Å². The molecule has 1 N–H and O–H groups in total. The molecule has 1 rings (SSSR count). The molecule has 0 fully saturated rings. The van der Waals surface area contributed by atoms with Crippen molar-refractivity contribution >= 4 is 29.4 Å². The van der Waals surface area contributed by atoms with Crippen molar-refractivity contribution < 1.29 is 19.4 Å². The third kappa shape index (κ3) is 3.86. The Morgan fingerprint density at radius 3 is 2.81 bits per heavy atom. The molecule has 0 radical (unpaired) electrons. The van der Waals surface area contributed by atoms with Crippen molar-refractivity contribution in [2.24, 2.45) is 0 Å². The van der Waals surface area contributed by atoms with Crippen molar-refractivity contribution in [2.45, 2.75) is 13.3 Å². The molecule has 0 bridgehead atoms. The predicted molar refractivity (Wildman–Crippen MR) is 61.2 cm³/mol. The highest BCUT2D eigenvalue weighted by atomic mass is 32.1. The Balaban J connectivity index is 2.86. The van der Waals surface area contributed by atoms with Crippen LogP contribution in [0.25, 0.3) is 6.08 Å². The number of carbonyl (C=O) groups excluding carboxylic acids is 1. The Morgan fingerprint density at radius 1 is 1.56 bits per heavy atom.